The van der Waals surface area contributed by atoms with Crippen LogP contribution in [0, 0.1) is 0 Å². The number of rotatable bonds is 5. The Morgan fingerprint density at radius 3 is 2.32 bits per heavy atom. The summed E-state index contributed by atoms with van der Waals surface area (Å²) in [6, 6.07) is 13.0. The normalized spacial score (nSPS) is 14.0. The average molecular weight is 446 g/mol. The number of halogens is 1. The van der Waals surface area contributed by atoms with E-state index in [9.17, 15) is 9.59 Å². The minimum Gasteiger partial charge on any atom is -0.496 e. The summed E-state index contributed by atoms with van der Waals surface area (Å²) in [5.74, 6) is 0.715. The van der Waals surface area contributed by atoms with Gasteiger partial charge in [0.2, 0.25) is 5.91 Å². The van der Waals surface area contributed by atoms with Crippen LogP contribution < -0.4 is 15.0 Å². The summed E-state index contributed by atoms with van der Waals surface area (Å²) in [6.45, 7) is 5.02. The van der Waals surface area contributed by atoms with Crippen molar-refractivity contribution in [1.29, 1.82) is 0 Å². The van der Waals surface area contributed by atoms with Gasteiger partial charge in [0.1, 0.15) is 5.75 Å². The van der Waals surface area contributed by atoms with E-state index in [1.54, 1.807) is 25.3 Å². The number of methoxy groups -OCH3 is 1. The monoisotopic (exact) mass is 445 g/mol. The largest absolute Gasteiger partial charge is 0.496 e. The zero-order valence-electron chi connectivity index (χ0n) is 16.1. The van der Waals surface area contributed by atoms with Crippen LogP contribution in [0.2, 0.25) is 0 Å². The number of piperazine rings is 1. The summed E-state index contributed by atoms with van der Waals surface area (Å²) in [5.41, 5.74) is 2.38. The second kappa shape index (κ2) is 9.10. The van der Waals surface area contributed by atoms with Crippen LogP contribution in [0.25, 0.3) is 0 Å². The predicted octanol–water partition coefficient (Wildman–Crippen LogP) is 3.77. The van der Waals surface area contributed by atoms with Crippen molar-refractivity contribution in [2.24, 2.45) is 0 Å². The molecular formula is C21H24BrN3O3. The van der Waals surface area contributed by atoms with Crippen molar-refractivity contribution in [3.05, 3.63) is 52.5 Å². The molecule has 2 amide bonds. The number of carbonyl (C=O) groups excluding carboxylic acids is 2. The summed E-state index contributed by atoms with van der Waals surface area (Å²) in [5, 5.41) is 2.91. The van der Waals surface area contributed by atoms with Gasteiger partial charge >= 0.3 is 0 Å². The highest BCUT2D eigenvalue weighted by Gasteiger charge is 2.20. The first-order chi connectivity index (χ1) is 13.5. The highest BCUT2D eigenvalue weighted by Crippen LogP contribution is 2.26. The lowest BCUT2D eigenvalue weighted by Gasteiger charge is -2.36. The van der Waals surface area contributed by atoms with E-state index in [1.807, 2.05) is 36.1 Å². The van der Waals surface area contributed by atoms with Crippen LogP contribution in [-0.2, 0) is 4.79 Å². The number of hydrogen-bond acceptors (Lipinski definition) is 4. The van der Waals surface area contributed by atoms with E-state index in [-0.39, 0.29) is 11.8 Å². The molecule has 2 aromatic rings. The zero-order valence-corrected chi connectivity index (χ0v) is 17.7. The molecule has 0 aliphatic carbocycles. The topological polar surface area (TPSA) is 61.9 Å². The zero-order chi connectivity index (χ0) is 20.1. The van der Waals surface area contributed by atoms with Gasteiger partial charge in [0.05, 0.1) is 11.6 Å². The molecule has 0 radical (unpaired) electrons. The number of benzene rings is 2. The second-order valence-electron chi connectivity index (χ2n) is 6.57. The first-order valence-electron chi connectivity index (χ1n) is 9.29. The minimum absolute atomic E-state index is 0.178. The van der Waals surface area contributed by atoms with Crippen LogP contribution in [-0.4, -0.2) is 50.0 Å². The number of nitrogens with one attached hydrogen (secondary N) is 1. The van der Waals surface area contributed by atoms with Crippen LogP contribution in [0.5, 0.6) is 5.75 Å². The van der Waals surface area contributed by atoms with Crippen molar-refractivity contribution in [3.63, 3.8) is 0 Å². The van der Waals surface area contributed by atoms with E-state index in [1.165, 1.54) is 0 Å². The van der Waals surface area contributed by atoms with Gasteiger partial charge < -0.3 is 19.9 Å². The summed E-state index contributed by atoms with van der Waals surface area (Å²) < 4.78 is 5.92. The molecule has 1 saturated heterocycles. The maximum Gasteiger partial charge on any atom is 0.255 e. The van der Waals surface area contributed by atoms with Gasteiger partial charge in [0, 0.05) is 49.5 Å². The number of ether oxygens (including phenoxy) is 1. The Bertz CT molecular complexity index is 846. The fourth-order valence-corrected chi connectivity index (χ4v) is 3.74. The summed E-state index contributed by atoms with van der Waals surface area (Å²) in [6.07, 6.45) is 0.555. The molecule has 148 valence electrons. The fourth-order valence-electron chi connectivity index (χ4n) is 3.20. The van der Waals surface area contributed by atoms with Crippen molar-refractivity contribution < 1.29 is 14.3 Å². The summed E-state index contributed by atoms with van der Waals surface area (Å²) in [4.78, 5) is 28.4. The highest BCUT2D eigenvalue weighted by atomic mass is 79.9. The average Bonchev–Trinajstić information content (AvgIpc) is 2.73. The molecular weight excluding hydrogens is 422 g/mol. The highest BCUT2D eigenvalue weighted by molar-refractivity contribution is 9.10. The Hall–Kier alpha value is -2.54. The van der Waals surface area contributed by atoms with E-state index >= 15 is 0 Å². The van der Waals surface area contributed by atoms with Crippen molar-refractivity contribution in [1.82, 2.24) is 4.90 Å². The third kappa shape index (κ3) is 4.65. The maximum atomic E-state index is 12.5. The van der Waals surface area contributed by atoms with E-state index in [2.05, 4.69) is 26.1 Å². The molecule has 7 heteroatoms. The third-order valence-corrected chi connectivity index (χ3v) is 5.46. The molecule has 0 spiro atoms. The quantitative estimate of drug-likeness (QED) is 0.760. The molecule has 6 nitrogen and oxygen atoms in total. The summed E-state index contributed by atoms with van der Waals surface area (Å²) >= 11 is 3.40. The smallest absolute Gasteiger partial charge is 0.255 e. The Balaban J connectivity index is 1.59. The van der Waals surface area contributed by atoms with Crippen LogP contribution >= 0.6 is 15.9 Å². The van der Waals surface area contributed by atoms with Gasteiger partial charge in [-0.1, -0.05) is 6.92 Å². The van der Waals surface area contributed by atoms with E-state index in [4.69, 9.17) is 4.74 Å². The molecule has 0 unspecified atom stereocenters. The van der Waals surface area contributed by atoms with Gasteiger partial charge in [-0.15, -0.1) is 0 Å². The third-order valence-electron chi connectivity index (χ3n) is 4.84. The molecule has 0 atom stereocenters. The first kappa shape index (κ1) is 20.2. The lowest BCUT2D eigenvalue weighted by molar-refractivity contribution is -0.131. The van der Waals surface area contributed by atoms with Crippen LogP contribution in [0.4, 0.5) is 11.4 Å². The Morgan fingerprint density at radius 2 is 1.75 bits per heavy atom. The van der Waals surface area contributed by atoms with Crippen molar-refractivity contribution in [3.8, 4) is 5.75 Å². The van der Waals surface area contributed by atoms with Gasteiger partial charge in [-0.25, -0.2) is 0 Å². The van der Waals surface area contributed by atoms with Crippen LogP contribution in [0.1, 0.15) is 23.7 Å². The molecule has 1 N–H and O–H groups in total. The minimum atomic E-state index is -0.178. The molecule has 1 aliphatic rings. The number of nitrogens with zero attached hydrogens (tertiary/aromatic N) is 2. The molecule has 1 heterocycles. The fraction of sp³-hybridized carbons (Fsp3) is 0.333. The Morgan fingerprint density at radius 1 is 1.07 bits per heavy atom. The van der Waals surface area contributed by atoms with Crippen molar-refractivity contribution in [2.45, 2.75) is 13.3 Å². The van der Waals surface area contributed by atoms with Gasteiger partial charge in [-0.3, -0.25) is 9.59 Å². The number of carbonyl (C=O) groups is 2. The molecule has 3 rings (SSSR count). The molecule has 1 aliphatic heterocycles. The molecule has 0 bridgehead atoms. The van der Waals surface area contributed by atoms with Crippen molar-refractivity contribution in [2.75, 3.05) is 43.5 Å². The SMILES string of the molecule is CCC(=O)N1CCN(c2ccc(NC(=O)c3ccc(OC)c(Br)c3)cc2)CC1. The van der Waals surface area contributed by atoms with Crippen molar-refractivity contribution >= 4 is 39.1 Å². The second-order valence-corrected chi connectivity index (χ2v) is 7.43. The maximum absolute atomic E-state index is 12.5. The molecule has 2 aromatic carbocycles. The molecule has 28 heavy (non-hydrogen) atoms. The Kier molecular flexibility index (Phi) is 6.57. The van der Waals surface area contributed by atoms with E-state index < -0.39 is 0 Å². The van der Waals surface area contributed by atoms with E-state index in [0.717, 1.165) is 42.0 Å². The van der Waals surface area contributed by atoms with Gasteiger partial charge in [0.25, 0.3) is 5.91 Å². The lowest BCUT2D eigenvalue weighted by Crippen LogP contribution is -2.48. The number of anilines is 2. The standard InChI is InChI=1S/C21H24BrN3O3/c1-3-20(26)25-12-10-24(11-13-25)17-7-5-16(6-8-17)23-21(27)15-4-9-19(28-2)18(22)14-15/h4-9,14H,3,10-13H2,1-2H3,(H,23,27). The van der Waals surface area contributed by atoms with Crippen LogP contribution in [0.15, 0.2) is 46.9 Å². The first-order valence-corrected chi connectivity index (χ1v) is 10.1. The number of hydrogen-bond donors (Lipinski definition) is 1. The van der Waals surface area contributed by atoms with Gasteiger partial charge in [0.15, 0.2) is 0 Å². The molecule has 0 aromatic heterocycles. The van der Waals surface area contributed by atoms with E-state index in [0.29, 0.717) is 17.7 Å². The molecule has 1 fully saturated rings. The van der Waals surface area contributed by atoms with Gasteiger partial charge in [-0.05, 0) is 58.4 Å². The Labute approximate surface area is 173 Å². The lowest BCUT2D eigenvalue weighted by atomic mass is 10.2. The number of amides is 2. The summed E-state index contributed by atoms with van der Waals surface area (Å²) in [7, 11) is 1.59. The van der Waals surface area contributed by atoms with Crippen LogP contribution in [0.3, 0.4) is 0 Å². The van der Waals surface area contributed by atoms with Gasteiger partial charge in [-0.2, -0.15) is 0 Å². The predicted molar refractivity (Wildman–Crippen MR) is 114 cm³/mol. The molecule has 0 saturated carbocycles.